The smallest absolute Gasteiger partial charge is 0.283 e. The van der Waals surface area contributed by atoms with Gasteiger partial charge in [-0.2, -0.15) is 4.31 Å². The van der Waals surface area contributed by atoms with Crippen LogP contribution in [0, 0.1) is 10.1 Å². The third-order valence-electron chi connectivity index (χ3n) is 3.24. The van der Waals surface area contributed by atoms with E-state index in [4.69, 9.17) is 11.6 Å². The number of hydrogen-bond donors (Lipinski definition) is 1. The molecule has 0 saturated carbocycles. The van der Waals surface area contributed by atoms with Crippen molar-refractivity contribution in [2.24, 2.45) is 0 Å². The van der Waals surface area contributed by atoms with Gasteiger partial charge in [0.15, 0.2) is 0 Å². The van der Waals surface area contributed by atoms with Gasteiger partial charge in [-0.25, -0.2) is 8.42 Å². The van der Waals surface area contributed by atoms with Crippen LogP contribution in [0.5, 0.6) is 0 Å². The Labute approximate surface area is 146 Å². The zero-order valence-electron chi connectivity index (χ0n) is 13.7. The van der Waals surface area contributed by atoms with Crippen LogP contribution in [0.4, 0.5) is 5.69 Å². The summed E-state index contributed by atoms with van der Waals surface area (Å²) in [7, 11) is -3.32. The molecule has 24 heavy (non-hydrogen) atoms. The molecule has 1 aromatic rings. The maximum absolute atomic E-state index is 12.1. The molecule has 0 aliphatic carbocycles. The maximum atomic E-state index is 12.1. The van der Waals surface area contributed by atoms with Crippen molar-refractivity contribution in [3.8, 4) is 0 Å². The molecule has 0 radical (unpaired) electrons. The van der Waals surface area contributed by atoms with E-state index >= 15 is 0 Å². The molecule has 0 heterocycles. The summed E-state index contributed by atoms with van der Waals surface area (Å²) in [5.41, 5.74) is -0.465. The quantitative estimate of drug-likeness (QED) is 0.423. The number of nitro groups is 1. The summed E-state index contributed by atoms with van der Waals surface area (Å²) in [4.78, 5) is 22.4. The Balaban J connectivity index is 2.67. The Kier molecular flexibility index (Phi) is 7.12. The Morgan fingerprint density at radius 1 is 1.42 bits per heavy atom. The third-order valence-corrected chi connectivity index (χ3v) is 4.94. The molecule has 1 rings (SSSR count). The number of halogens is 1. The SMILES string of the molecule is CC(C)N(CCCNC(=O)c1ccc(Cl)cc1[N+](=O)[O-])S(C)(=O)=O. The van der Waals surface area contributed by atoms with Crippen LogP contribution in [0.2, 0.25) is 5.02 Å². The van der Waals surface area contributed by atoms with Gasteiger partial charge in [0, 0.05) is 30.2 Å². The lowest BCUT2D eigenvalue weighted by Crippen LogP contribution is -2.38. The first-order chi connectivity index (χ1) is 11.0. The number of hydrogen-bond acceptors (Lipinski definition) is 5. The van der Waals surface area contributed by atoms with Crippen molar-refractivity contribution < 1.29 is 18.1 Å². The van der Waals surface area contributed by atoms with E-state index in [0.29, 0.717) is 6.42 Å². The van der Waals surface area contributed by atoms with Crippen molar-refractivity contribution in [2.45, 2.75) is 26.3 Å². The summed E-state index contributed by atoms with van der Waals surface area (Å²) in [6, 6.07) is 3.61. The molecule has 0 bridgehead atoms. The average molecular weight is 378 g/mol. The highest BCUT2D eigenvalue weighted by Crippen LogP contribution is 2.23. The molecular weight excluding hydrogens is 358 g/mol. The zero-order valence-corrected chi connectivity index (χ0v) is 15.2. The highest BCUT2D eigenvalue weighted by atomic mass is 35.5. The molecule has 0 aliphatic rings. The number of nitro benzene ring substituents is 1. The van der Waals surface area contributed by atoms with E-state index in [0.717, 1.165) is 12.3 Å². The van der Waals surface area contributed by atoms with E-state index in [2.05, 4.69) is 5.32 Å². The second kappa shape index (κ2) is 8.41. The second-order valence-corrected chi connectivity index (χ2v) is 7.87. The summed E-state index contributed by atoms with van der Waals surface area (Å²) < 4.78 is 24.6. The number of benzene rings is 1. The molecule has 10 heteroatoms. The first kappa shape index (κ1) is 20.3. The fourth-order valence-electron chi connectivity index (χ4n) is 2.19. The van der Waals surface area contributed by atoms with E-state index in [1.54, 1.807) is 13.8 Å². The van der Waals surface area contributed by atoms with Crippen LogP contribution in [0.3, 0.4) is 0 Å². The molecule has 0 aromatic heterocycles. The minimum Gasteiger partial charge on any atom is -0.352 e. The normalized spacial score (nSPS) is 11.8. The van der Waals surface area contributed by atoms with E-state index < -0.39 is 20.9 Å². The number of rotatable bonds is 8. The van der Waals surface area contributed by atoms with Crippen molar-refractivity contribution >= 4 is 33.2 Å². The van der Waals surface area contributed by atoms with Gasteiger partial charge in [0.1, 0.15) is 5.56 Å². The van der Waals surface area contributed by atoms with Gasteiger partial charge in [0.2, 0.25) is 10.0 Å². The number of amides is 1. The monoisotopic (exact) mass is 377 g/mol. The van der Waals surface area contributed by atoms with Crippen LogP contribution in [-0.2, 0) is 10.0 Å². The molecule has 1 amide bonds. The van der Waals surface area contributed by atoms with Crippen molar-refractivity contribution in [2.75, 3.05) is 19.3 Å². The second-order valence-electron chi connectivity index (χ2n) is 5.50. The molecule has 0 aliphatic heterocycles. The van der Waals surface area contributed by atoms with Crippen molar-refractivity contribution in [1.29, 1.82) is 0 Å². The van der Waals surface area contributed by atoms with E-state index in [1.807, 2.05) is 0 Å². The van der Waals surface area contributed by atoms with Gasteiger partial charge < -0.3 is 5.32 Å². The number of sulfonamides is 1. The molecule has 0 atom stereocenters. The maximum Gasteiger partial charge on any atom is 0.283 e. The summed E-state index contributed by atoms with van der Waals surface area (Å²) in [6.07, 6.45) is 1.51. The Hall–Kier alpha value is -1.71. The summed E-state index contributed by atoms with van der Waals surface area (Å²) in [5, 5.41) is 13.7. The molecule has 1 aromatic carbocycles. The minimum atomic E-state index is -3.32. The highest BCUT2D eigenvalue weighted by Gasteiger charge is 2.21. The predicted octanol–water partition coefficient (Wildman–Crippen LogP) is 2.04. The fourth-order valence-corrected chi connectivity index (χ4v) is 3.58. The number of carbonyl (C=O) groups excluding carboxylic acids is 1. The first-order valence-electron chi connectivity index (χ1n) is 7.23. The standard InChI is InChI=1S/C14H20ClN3O5S/c1-10(2)17(24(3,22)23)8-4-7-16-14(19)12-6-5-11(15)9-13(12)18(20)21/h5-6,9-10H,4,7-8H2,1-3H3,(H,16,19). The van der Waals surface area contributed by atoms with Crippen LogP contribution in [0.1, 0.15) is 30.6 Å². The van der Waals surface area contributed by atoms with Crippen LogP contribution >= 0.6 is 11.6 Å². The van der Waals surface area contributed by atoms with E-state index in [-0.39, 0.29) is 35.4 Å². The van der Waals surface area contributed by atoms with Crippen molar-refractivity contribution in [3.63, 3.8) is 0 Å². The largest absolute Gasteiger partial charge is 0.352 e. The van der Waals surface area contributed by atoms with Gasteiger partial charge >= 0.3 is 0 Å². The van der Waals surface area contributed by atoms with Gasteiger partial charge in [0.25, 0.3) is 11.6 Å². The Morgan fingerprint density at radius 2 is 2.04 bits per heavy atom. The molecule has 0 fully saturated rings. The average Bonchev–Trinajstić information content (AvgIpc) is 2.44. The lowest BCUT2D eigenvalue weighted by molar-refractivity contribution is -0.385. The van der Waals surface area contributed by atoms with E-state index in [1.165, 1.54) is 16.4 Å². The van der Waals surface area contributed by atoms with Gasteiger partial charge in [-0.05, 0) is 32.4 Å². The summed E-state index contributed by atoms with van der Waals surface area (Å²) in [6.45, 7) is 3.96. The highest BCUT2D eigenvalue weighted by molar-refractivity contribution is 7.88. The lowest BCUT2D eigenvalue weighted by Gasteiger charge is -2.23. The van der Waals surface area contributed by atoms with Gasteiger partial charge in [-0.15, -0.1) is 0 Å². The molecule has 1 N–H and O–H groups in total. The first-order valence-corrected chi connectivity index (χ1v) is 9.45. The Bertz CT molecular complexity index is 721. The topological polar surface area (TPSA) is 110 Å². The third kappa shape index (κ3) is 5.73. The van der Waals surface area contributed by atoms with Gasteiger partial charge in [-0.1, -0.05) is 11.6 Å². The van der Waals surface area contributed by atoms with Crippen LogP contribution < -0.4 is 5.32 Å². The lowest BCUT2D eigenvalue weighted by atomic mass is 10.1. The Morgan fingerprint density at radius 3 is 2.54 bits per heavy atom. The molecule has 0 spiro atoms. The van der Waals surface area contributed by atoms with Gasteiger partial charge in [-0.3, -0.25) is 14.9 Å². The zero-order chi connectivity index (χ0) is 18.5. The van der Waals surface area contributed by atoms with Gasteiger partial charge in [0.05, 0.1) is 11.2 Å². The number of nitrogens with one attached hydrogen (secondary N) is 1. The fraction of sp³-hybridized carbons (Fsp3) is 0.500. The molecule has 134 valence electrons. The molecule has 0 saturated heterocycles. The predicted molar refractivity (Wildman–Crippen MR) is 91.7 cm³/mol. The molecule has 8 nitrogen and oxygen atoms in total. The summed E-state index contributed by atoms with van der Waals surface area (Å²) >= 11 is 5.70. The molecular formula is C14H20ClN3O5S. The van der Waals surface area contributed by atoms with Crippen molar-refractivity contribution in [1.82, 2.24) is 9.62 Å². The van der Waals surface area contributed by atoms with Crippen LogP contribution in [0.15, 0.2) is 18.2 Å². The molecule has 0 unspecified atom stereocenters. The number of nitrogens with zero attached hydrogens (tertiary/aromatic N) is 2. The van der Waals surface area contributed by atoms with E-state index in [9.17, 15) is 23.3 Å². The minimum absolute atomic E-state index is 0.0896. The van der Waals surface area contributed by atoms with Crippen molar-refractivity contribution in [3.05, 3.63) is 38.9 Å². The van der Waals surface area contributed by atoms with Crippen LogP contribution in [0.25, 0.3) is 0 Å². The summed E-state index contributed by atoms with van der Waals surface area (Å²) in [5.74, 6) is -0.603. The number of carbonyl (C=O) groups is 1. The van der Waals surface area contributed by atoms with Crippen LogP contribution in [-0.4, -0.2) is 48.9 Å².